The summed E-state index contributed by atoms with van der Waals surface area (Å²) in [5.74, 6) is 1.70. The maximum atomic E-state index is 13.1. The van der Waals surface area contributed by atoms with Crippen LogP contribution in [-0.2, 0) is 17.6 Å². The summed E-state index contributed by atoms with van der Waals surface area (Å²) in [6.07, 6.45) is 3.66. The topological polar surface area (TPSA) is 48.0 Å². The van der Waals surface area contributed by atoms with Crippen LogP contribution in [0.5, 0.6) is 11.5 Å². The molecule has 1 aliphatic carbocycles. The van der Waals surface area contributed by atoms with E-state index in [0.29, 0.717) is 6.54 Å². The molecular formula is C26H33NO4. The molecule has 2 atom stereocenters. The predicted octanol–water partition coefficient (Wildman–Crippen LogP) is 5.56. The molecule has 0 spiro atoms. The van der Waals surface area contributed by atoms with E-state index >= 15 is 0 Å². The van der Waals surface area contributed by atoms with Crippen LogP contribution < -0.4 is 9.47 Å². The Kier molecular flexibility index (Phi) is 5.63. The Morgan fingerprint density at radius 1 is 1.06 bits per heavy atom. The molecule has 2 aliphatic rings. The Bertz CT molecular complexity index is 947. The number of nitrogens with zero attached hydrogens (tertiary/aromatic N) is 1. The number of hydrogen-bond acceptors (Lipinski definition) is 4. The van der Waals surface area contributed by atoms with Gasteiger partial charge in [0, 0.05) is 6.54 Å². The fraction of sp³-hybridized carbons (Fsp3) is 0.500. The first kappa shape index (κ1) is 21.5. The van der Waals surface area contributed by atoms with E-state index in [0.717, 1.165) is 37.2 Å². The number of amides is 1. The molecule has 2 unspecified atom stereocenters. The first-order chi connectivity index (χ1) is 14.7. The van der Waals surface area contributed by atoms with Crippen LogP contribution in [0.2, 0.25) is 0 Å². The zero-order valence-corrected chi connectivity index (χ0v) is 19.2. The molecule has 166 valence electrons. The van der Waals surface area contributed by atoms with Gasteiger partial charge in [0.25, 0.3) is 0 Å². The molecule has 1 amide bonds. The summed E-state index contributed by atoms with van der Waals surface area (Å²) in [4.78, 5) is 15.0. The molecule has 0 saturated carbocycles. The molecule has 4 rings (SSSR count). The Morgan fingerprint density at radius 3 is 2.39 bits per heavy atom. The fourth-order valence-corrected chi connectivity index (χ4v) is 5.09. The summed E-state index contributed by atoms with van der Waals surface area (Å²) < 4.78 is 16.6. The van der Waals surface area contributed by atoms with Crippen LogP contribution in [0.25, 0.3) is 0 Å². The van der Waals surface area contributed by atoms with Gasteiger partial charge in [-0.3, -0.25) is 0 Å². The van der Waals surface area contributed by atoms with E-state index < -0.39 is 5.60 Å². The van der Waals surface area contributed by atoms with Crippen molar-refractivity contribution in [1.82, 2.24) is 4.90 Å². The second-order valence-electron chi connectivity index (χ2n) is 9.91. The number of ether oxygens (including phenoxy) is 3. The minimum atomic E-state index is -0.513. The van der Waals surface area contributed by atoms with Crippen molar-refractivity contribution < 1.29 is 19.0 Å². The van der Waals surface area contributed by atoms with E-state index in [2.05, 4.69) is 24.3 Å². The number of carbonyl (C=O) groups excluding carboxylic acids is 1. The quantitative estimate of drug-likeness (QED) is 0.646. The molecule has 2 aromatic rings. The van der Waals surface area contributed by atoms with E-state index in [1.165, 1.54) is 16.7 Å². The molecule has 1 fully saturated rings. The maximum Gasteiger partial charge on any atom is 0.410 e. The first-order valence-corrected chi connectivity index (χ1v) is 11.0. The van der Waals surface area contributed by atoms with Crippen LogP contribution in [0, 0.1) is 5.41 Å². The summed E-state index contributed by atoms with van der Waals surface area (Å²) in [5, 5.41) is 0. The number of rotatable bonds is 4. The van der Waals surface area contributed by atoms with E-state index in [1.807, 2.05) is 43.9 Å². The zero-order valence-electron chi connectivity index (χ0n) is 19.2. The van der Waals surface area contributed by atoms with Crippen LogP contribution in [0.3, 0.4) is 0 Å². The molecule has 2 bridgehead atoms. The maximum absolute atomic E-state index is 13.1. The minimum absolute atomic E-state index is 0.000647. The third-order valence-corrected chi connectivity index (χ3v) is 6.53. The van der Waals surface area contributed by atoms with Crippen LogP contribution >= 0.6 is 0 Å². The third-order valence-electron chi connectivity index (χ3n) is 6.53. The molecule has 1 saturated heterocycles. The Hall–Kier alpha value is -2.69. The van der Waals surface area contributed by atoms with Gasteiger partial charge in [0.15, 0.2) is 0 Å². The molecule has 5 heteroatoms. The molecular weight excluding hydrogens is 390 g/mol. The number of benzene rings is 2. The van der Waals surface area contributed by atoms with Crippen LogP contribution in [0.1, 0.15) is 56.3 Å². The van der Waals surface area contributed by atoms with Crippen molar-refractivity contribution in [2.45, 2.75) is 58.1 Å². The van der Waals surface area contributed by atoms with E-state index in [-0.39, 0.29) is 17.6 Å². The highest BCUT2D eigenvalue weighted by Crippen LogP contribution is 2.52. The van der Waals surface area contributed by atoms with Gasteiger partial charge in [-0.15, -0.1) is 0 Å². The number of methoxy groups -OCH3 is 2. The van der Waals surface area contributed by atoms with Crippen molar-refractivity contribution in [1.29, 1.82) is 0 Å². The number of carbonyl (C=O) groups is 1. The van der Waals surface area contributed by atoms with Crippen molar-refractivity contribution in [3.05, 3.63) is 59.2 Å². The lowest BCUT2D eigenvalue weighted by Gasteiger charge is -2.51. The van der Waals surface area contributed by atoms with Gasteiger partial charge >= 0.3 is 6.09 Å². The smallest absolute Gasteiger partial charge is 0.410 e. The number of fused-ring (bicyclic) bond motifs is 4. The van der Waals surface area contributed by atoms with Gasteiger partial charge in [-0.25, -0.2) is 4.79 Å². The molecule has 0 aromatic heterocycles. The molecule has 2 aromatic carbocycles. The van der Waals surface area contributed by atoms with Gasteiger partial charge < -0.3 is 19.1 Å². The molecule has 1 aliphatic heterocycles. The van der Waals surface area contributed by atoms with Gasteiger partial charge in [0.1, 0.15) is 17.1 Å². The van der Waals surface area contributed by atoms with Gasteiger partial charge in [-0.1, -0.05) is 18.2 Å². The number of likely N-dealkylation sites (tertiary alicyclic amines) is 1. The van der Waals surface area contributed by atoms with Crippen molar-refractivity contribution >= 4 is 6.09 Å². The SMILES string of the molecule is COc1ccc(CC23CCN(C(=O)OC(C)(C)C)C(C2)c2cc(OC)ccc2C3)cc1. The van der Waals surface area contributed by atoms with E-state index in [4.69, 9.17) is 14.2 Å². The van der Waals surface area contributed by atoms with Gasteiger partial charge in [0.05, 0.1) is 20.3 Å². The average molecular weight is 424 g/mol. The molecule has 1 heterocycles. The summed E-state index contributed by atoms with van der Waals surface area (Å²) in [6, 6.07) is 14.7. The van der Waals surface area contributed by atoms with Crippen molar-refractivity contribution in [2.24, 2.45) is 5.41 Å². The molecule has 5 nitrogen and oxygen atoms in total. The summed E-state index contributed by atoms with van der Waals surface area (Å²) in [6.45, 7) is 6.45. The average Bonchev–Trinajstić information content (AvgIpc) is 2.73. The number of hydrogen-bond donors (Lipinski definition) is 0. The number of piperidine rings is 1. The van der Waals surface area contributed by atoms with Crippen molar-refractivity contribution in [3.8, 4) is 11.5 Å². The van der Waals surface area contributed by atoms with Crippen LogP contribution in [0.15, 0.2) is 42.5 Å². The highest BCUT2D eigenvalue weighted by molar-refractivity contribution is 5.69. The standard InChI is InChI=1S/C26H33NO4/c1-25(2,3)31-24(28)27-13-12-26(15-18-6-9-20(29-4)10-7-18)16-19-8-11-21(30-5)14-22(19)23(27)17-26/h6-11,14,23H,12-13,15-17H2,1-5H3. The van der Waals surface area contributed by atoms with E-state index in [1.54, 1.807) is 14.2 Å². The molecule has 0 radical (unpaired) electrons. The van der Waals surface area contributed by atoms with Gasteiger partial charge in [-0.2, -0.15) is 0 Å². The monoisotopic (exact) mass is 423 g/mol. The largest absolute Gasteiger partial charge is 0.497 e. The lowest BCUT2D eigenvalue weighted by Crippen LogP contribution is -2.50. The van der Waals surface area contributed by atoms with Crippen LogP contribution in [-0.4, -0.2) is 37.4 Å². The third kappa shape index (κ3) is 4.51. The van der Waals surface area contributed by atoms with Crippen molar-refractivity contribution in [3.63, 3.8) is 0 Å². The lowest BCUT2D eigenvalue weighted by atomic mass is 9.62. The first-order valence-electron chi connectivity index (χ1n) is 11.0. The predicted molar refractivity (Wildman–Crippen MR) is 121 cm³/mol. The summed E-state index contributed by atoms with van der Waals surface area (Å²) in [5.41, 5.74) is 3.41. The Labute approximate surface area is 185 Å². The highest BCUT2D eigenvalue weighted by atomic mass is 16.6. The lowest BCUT2D eigenvalue weighted by molar-refractivity contribution is -0.0140. The van der Waals surface area contributed by atoms with Gasteiger partial charge in [0.2, 0.25) is 0 Å². The van der Waals surface area contributed by atoms with Gasteiger partial charge in [-0.05, 0) is 92.8 Å². The molecule has 31 heavy (non-hydrogen) atoms. The Balaban J connectivity index is 1.67. The van der Waals surface area contributed by atoms with Crippen LogP contribution in [0.4, 0.5) is 4.79 Å². The Morgan fingerprint density at radius 2 is 1.74 bits per heavy atom. The second kappa shape index (κ2) is 8.10. The minimum Gasteiger partial charge on any atom is -0.497 e. The second-order valence-corrected chi connectivity index (χ2v) is 9.91. The fourth-order valence-electron chi connectivity index (χ4n) is 5.09. The summed E-state index contributed by atoms with van der Waals surface area (Å²) in [7, 11) is 3.38. The highest BCUT2D eigenvalue weighted by Gasteiger charge is 2.47. The molecule has 0 N–H and O–H groups in total. The zero-order chi connectivity index (χ0) is 22.2. The van der Waals surface area contributed by atoms with E-state index in [9.17, 15) is 4.79 Å². The summed E-state index contributed by atoms with van der Waals surface area (Å²) >= 11 is 0. The van der Waals surface area contributed by atoms with Crippen molar-refractivity contribution in [2.75, 3.05) is 20.8 Å². The normalized spacial score (nSPS) is 22.5.